The number of hydrogen-bond donors (Lipinski definition) is 0. The zero-order valence-electron chi connectivity index (χ0n) is 10.7. The average molecular weight is 366 g/mol. The van der Waals surface area contributed by atoms with Crippen molar-refractivity contribution < 1.29 is 8.81 Å². The Kier molecular flexibility index (Phi) is 4.31. The first-order valence-corrected chi connectivity index (χ1v) is 7.81. The third-order valence-corrected chi connectivity index (χ3v) is 4.31. The van der Waals surface area contributed by atoms with E-state index in [0.717, 1.165) is 15.6 Å². The van der Waals surface area contributed by atoms with Crippen LogP contribution in [0.3, 0.4) is 0 Å². The molecule has 0 unspecified atom stereocenters. The third-order valence-electron chi connectivity index (χ3n) is 2.70. The van der Waals surface area contributed by atoms with Gasteiger partial charge in [-0.1, -0.05) is 33.8 Å². The molecule has 2 heterocycles. The summed E-state index contributed by atoms with van der Waals surface area (Å²) in [5.74, 6) is 0.796. The molecule has 7 heteroatoms. The van der Waals surface area contributed by atoms with Crippen LogP contribution < -0.4 is 0 Å². The van der Waals surface area contributed by atoms with Gasteiger partial charge in [0, 0.05) is 28.2 Å². The number of pyridine rings is 1. The van der Waals surface area contributed by atoms with E-state index in [1.807, 2.05) is 0 Å². The van der Waals surface area contributed by atoms with E-state index in [2.05, 4.69) is 31.1 Å². The summed E-state index contributed by atoms with van der Waals surface area (Å²) in [5.41, 5.74) is 1.79. The predicted molar refractivity (Wildman–Crippen MR) is 81.2 cm³/mol. The number of halogens is 2. The summed E-state index contributed by atoms with van der Waals surface area (Å²) in [6, 6.07) is 8.20. The second kappa shape index (κ2) is 6.36. The standard InChI is InChI=1S/C14H9BrFN3OS/c15-12-7-11(16)2-1-10(12)8-21-14-19-18-13(20-14)9-3-5-17-6-4-9/h1-7H,8H2. The molecule has 2 aromatic heterocycles. The monoisotopic (exact) mass is 365 g/mol. The van der Waals surface area contributed by atoms with Gasteiger partial charge < -0.3 is 4.42 Å². The van der Waals surface area contributed by atoms with E-state index in [4.69, 9.17) is 4.42 Å². The van der Waals surface area contributed by atoms with Gasteiger partial charge in [0.1, 0.15) is 5.82 Å². The van der Waals surface area contributed by atoms with Gasteiger partial charge in [0.2, 0.25) is 5.89 Å². The van der Waals surface area contributed by atoms with Gasteiger partial charge in [-0.05, 0) is 29.8 Å². The predicted octanol–water partition coefficient (Wildman–Crippen LogP) is 4.33. The molecular formula is C14H9BrFN3OS. The van der Waals surface area contributed by atoms with Gasteiger partial charge in [0.05, 0.1) is 0 Å². The quantitative estimate of drug-likeness (QED) is 0.644. The largest absolute Gasteiger partial charge is 0.411 e. The summed E-state index contributed by atoms with van der Waals surface area (Å²) in [4.78, 5) is 3.94. The molecule has 0 spiro atoms. The third kappa shape index (κ3) is 3.48. The highest BCUT2D eigenvalue weighted by atomic mass is 79.9. The smallest absolute Gasteiger partial charge is 0.277 e. The zero-order valence-corrected chi connectivity index (χ0v) is 13.1. The molecule has 106 valence electrons. The van der Waals surface area contributed by atoms with Crippen LogP contribution in [0.2, 0.25) is 0 Å². The molecule has 3 aromatic rings. The molecule has 21 heavy (non-hydrogen) atoms. The van der Waals surface area contributed by atoms with Crippen LogP contribution in [0.1, 0.15) is 5.56 Å². The summed E-state index contributed by atoms with van der Waals surface area (Å²) >= 11 is 4.74. The normalized spacial score (nSPS) is 10.8. The summed E-state index contributed by atoms with van der Waals surface area (Å²) < 4.78 is 19.3. The first-order valence-electron chi connectivity index (χ1n) is 6.03. The highest BCUT2D eigenvalue weighted by Crippen LogP contribution is 2.28. The van der Waals surface area contributed by atoms with Crippen LogP contribution in [0.5, 0.6) is 0 Å². The summed E-state index contributed by atoms with van der Waals surface area (Å²) in [6.07, 6.45) is 3.34. The topological polar surface area (TPSA) is 51.8 Å². The molecule has 3 rings (SSSR count). The highest BCUT2D eigenvalue weighted by molar-refractivity contribution is 9.10. The lowest BCUT2D eigenvalue weighted by Crippen LogP contribution is -1.85. The van der Waals surface area contributed by atoms with Crippen LogP contribution in [-0.4, -0.2) is 15.2 Å². The Morgan fingerprint density at radius 3 is 2.71 bits per heavy atom. The van der Waals surface area contributed by atoms with Crippen LogP contribution >= 0.6 is 27.7 Å². The minimum atomic E-state index is -0.270. The van der Waals surface area contributed by atoms with Crippen molar-refractivity contribution in [2.45, 2.75) is 11.0 Å². The molecule has 0 fully saturated rings. The van der Waals surface area contributed by atoms with E-state index in [9.17, 15) is 4.39 Å². The molecule has 4 nitrogen and oxygen atoms in total. The van der Waals surface area contributed by atoms with Crippen molar-refractivity contribution in [1.29, 1.82) is 0 Å². The molecule has 0 N–H and O–H groups in total. The number of aromatic nitrogens is 3. The van der Waals surface area contributed by atoms with Crippen molar-refractivity contribution in [3.05, 3.63) is 58.6 Å². The lowest BCUT2D eigenvalue weighted by Gasteiger charge is -2.01. The molecule has 0 aliphatic carbocycles. The first-order chi connectivity index (χ1) is 10.2. The van der Waals surface area contributed by atoms with Crippen LogP contribution in [0.25, 0.3) is 11.5 Å². The van der Waals surface area contributed by atoms with E-state index in [0.29, 0.717) is 16.9 Å². The molecule has 0 radical (unpaired) electrons. The van der Waals surface area contributed by atoms with Crippen LogP contribution in [0.4, 0.5) is 4.39 Å². The lowest BCUT2D eigenvalue weighted by atomic mass is 10.2. The van der Waals surface area contributed by atoms with Crippen molar-refractivity contribution in [2.75, 3.05) is 0 Å². The second-order valence-electron chi connectivity index (χ2n) is 4.13. The Morgan fingerprint density at radius 2 is 1.95 bits per heavy atom. The van der Waals surface area contributed by atoms with E-state index < -0.39 is 0 Å². The molecule has 0 saturated carbocycles. The first kappa shape index (κ1) is 14.2. The fourth-order valence-corrected chi connectivity index (χ4v) is 3.10. The molecule has 0 amide bonds. The highest BCUT2D eigenvalue weighted by Gasteiger charge is 2.10. The van der Waals surface area contributed by atoms with Crippen molar-refractivity contribution in [2.24, 2.45) is 0 Å². The molecule has 0 atom stereocenters. The molecule has 0 aliphatic rings. The Bertz CT molecular complexity index is 751. The number of thioether (sulfide) groups is 1. The Balaban J connectivity index is 1.70. The zero-order chi connectivity index (χ0) is 14.7. The molecular weight excluding hydrogens is 357 g/mol. The molecule has 0 saturated heterocycles. The van der Waals surface area contributed by atoms with Crippen LogP contribution in [-0.2, 0) is 5.75 Å². The number of benzene rings is 1. The van der Waals surface area contributed by atoms with Gasteiger partial charge in [-0.2, -0.15) is 0 Å². The van der Waals surface area contributed by atoms with Gasteiger partial charge in [-0.15, -0.1) is 10.2 Å². The minimum Gasteiger partial charge on any atom is -0.411 e. The average Bonchev–Trinajstić information content (AvgIpc) is 2.96. The van der Waals surface area contributed by atoms with E-state index in [1.165, 1.54) is 23.9 Å². The summed E-state index contributed by atoms with van der Waals surface area (Å²) in [7, 11) is 0. The minimum absolute atomic E-state index is 0.270. The van der Waals surface area contributed by atoms with E-state index in [-0.39, 0.29) is 5.82 Å². The van der Waals surface area contributed by atoms with Crippen LogP contribution in [0.15, 0.2) is 56.8 Å². The maximum absolute atomic E-state index is 13.0. The number of hydrogen-bond acceptors (Lipinski definition) is 5. The summed E-state index contributed by atoms with van der Waals surface area (Å²) in [6.45, 7) is 0. The number of nitrogens with zero attached hydrogens (tertiary/aromatic N) is 3. The van der Waals surface area contributed by atoms with Crippen molar-refractivity contribution >= 4 is 27.7 Å². The molecule has 1 aromatic carbocycles. The molecule has 0 bridgehead atoms. The maximum Gasteiger partial charge on any atom is 0.277 e. The fraction of sp³-hybridized carbons (Fsp3) is 0.0714. The SMILES string of the molecule is Fc1ccc(CSc2nnc(-c3ccncc3)o2)c(Br)c1. The Hall–Kier alpha value is -1.73. The van der Waals surface area contributed by atoms with Gasteiger partial charge >= 0.3 is 0 Å². The lowest BCUT2D eigenvalue weighted by molar-refractivity contribution is 0.466. The van der Waals surface area contributed by atoms with Gasteiger partial charge in [0.25, 0.3) is 5.22 Å². The van der Waals surface area contributed by atoms with Crippen molar-refractivity contribution in [3.63, 3.8) is 0 Å². The van der Waals surface area contributed by atoms with Gasteiger partial charge in [-0.3, -0.25) is 4.98 Å². The van der Waals surface area contributed by atoms with Gasteiger partial charge in [-0.25, -0.2) is 4.39 Å². The van der Waals surface area contributed by atoms with E-state index >= 15 is 0 Å². The van der Waals surface area contributed by atoms with E-state index in [1.54, 1.807) is 30.6 Å². The molecule has 0 aliphatic heterocycles. The fourth-order valence-electron chi connectivity index (χ4n) is 1.66. The second-order valence-corrected chi connectivity index (χ2v) is 5.91. The maximum atomic E-state index is 13.0. The Labute approximate surface area is 132 Å². The van der Waals surface area contributed by atoms with Crippen LogP contribution in [0, 0.1) is 5.82 Å². The number of rotatable bonds is 4. The Morgan fingerprint density at radius 1 is 1.14 bits per heavy atom. The van der Waals surface area contributed by atoms with Crippen molar-refractivity contribution in [3.8, 4) is 11.5 Å². The van der Waals surface area contributed by atoms with Crippen molar-refractivity contribution in [1.82, 2.24) is 15.2 Å². The summed E-state index contributed by atoms with van der Waals surface area (Å²) in [5, 5.41) is 8.46. The van der Waals surface area contributed by atoms with Gasteiger partial charge in [0.15, 0.2) is 0 Å².